The van der Waals surface area contributed by atoms with E-state index in [1.807, 2.05) is 4.90 Å². The quantitative estimate of drug-likeness (QED) is 0.728. The van der Waals surface area contributed by atoms with Crippen molar-refractivity contribution in [2.75, 3.05) is 31.1 Å². The predicted octanol–water partition coefficient (Wildman–Crippen LogP) is -0.134. The van der Waals surface area contributed by atoms with Gasteiger partial charge >= 0.3 is 5.69 Å². The fraction of sp³-hybridized carbons (Fsp3) is 0.471. The molecule has 2 aromatic rings. The van der Waals surface area contributed by atoms with Gasteiger partial charge in [0.2, 0.25) is 11.8 Å². The van der Waals surface area contributed by atoms with E-state index in [4.69, 9.17) is 0 Å². The summed E-state index contributed by atoms with van der Waals surface area (Å²) in [6, 6.07) is 2.53. The molecule has 9 heteroatoms. The Labute approximate surface area is 148 Å². The van der Waals surface area contributed by atoms with E-state index in [9.17, 15) is 14.4 Å². The molecule has 0 aliphatic carbocycles. The zero-order valence-corrected chi connectivity index (χ0v) is 14.4. The van der Waals surface area contributed by atoms with E-state index >= 15 is 4.39 Å². The number of nitrogens with zero attached hydrogens (tertiary/aromatic N) is 3. The van der Waals surface area contributed by atoms with Crippen LogP contribution in [0.2, 0.25) is 0 Å². The van der Waals surface area contributed by atoms with Gasteiger partial charge in [0.15, 0.2) is 5.82 Å². The lowest BCUT2D eigenvalue weighted by molar-refractivity contribution is -0.135. The first-order valence-corrected chi connectivity index (χ1v) is 8.68. The molecule has 8 nitrogen and oxygen atoms in total. The molecule has 0 spiro atoms. The Kier molecular flexibility index (Phi) is 4.03. The molecule has 1 aromatic carbocycles. The number of hydrogen-bond donors (Lipinski definition) is 2. The van der Waals surface area contributed by atoms with Gasteiger partial charge in [-0.15, -0.1) is 0 Å². The number of halogens is 1. The lowest BCUT2D eigenvalue weighted by Crippen LogP contribution is -2.44. The number of piperidine rings is 1. The van der Waals surface area contributed by atoms with Crippen molar-refractivity contribution in [1.82, 2.24) is 19.8 Å². The summed E-state index contributed by atoms with van der Waals surface area (Å²) in [5.41, 5.74) is 0.528. The Morgan fingerprint density at radius 3 is 2.58 bits per heavy atom. The molecule has 138 valence electrons. The van der Waals surface area contributed by atoms with Crippen LogP contribution in [0.15, 0.2) is 16.9 Å². The predicted molar refractivity (Wildman–Crippen MR) is 93.6 cm³/mol. The van der Waals surface area contributed by atoms with Crippen molar-refractivity contribution in [3.8, 4) is 0 Å². The maximum absolute atomic E-state index is 15.2. The fourth-order valence-electron chi connectivity index (χ4n) is 3.80. The molecule has 0 saturated carbocycles. The van der Waals surface area contributed by atoms with Crippen molar-refractivity contribution in [3.63, 3.8) is 0 Å². The molecule has 2 amide bonds. The molecule has 26 heavy (non-hydrogen) atoms. The highest BCUT2D eigenvalue weighted by atomic mass is 19.1. The SMILES string of the molecule is Cn1c(=O)n(C2CCC(=O)NC2=O)c2ccc(N3CCNCC3)c(F)c21. The number of hydrogen-bond acceptors (Lipinski definition) is 5. The van der Waals surface area contributed by atoms with Crippen molar-refractivity contribution in [3.05, 3.63) is 28.4 Å². The van der Waals surface area contributed by atoms with Gasteiger partial charge in [0, 0.05) is 39.6 Å². The monoisotopic (exact) mass is 361 g/mol. The molecule has 2 aliphatic heterocycles. The van der Waals surface area contributed by atoms with Gasteiger partial charge in [0.05, 0.1) is 11.2 Å². The second-order valence-corrected chi connectivity index (χ2v) is 6.68. The first kappa shape index (κ1) is 16.8. The number of benzene rings is 1. The molecule has 0 bridgehead atoms. The Morgan fingerprint density at radius 1 is 1.15 bits per heavy atom. The maximum atomic E-state index is 15.2. The van der Waals surface area contributed by atoms with Crippen molar-refractivity contribution in [2.24, 2.45) is 7.05 Å². The van der Waals surface area contributed by atoms with Gasteiger partial charge in [0.1, 0.15) is 11.6 Å². The molecule has 1 aromatic heterocycles. The Morgan fingerprint density at radius 2 is 1.88 bits per heavy atom. The number of carbonyl (C=O) groups is 2. The summed E-state index contributed by atoms with van der Waals surface area (Å²) >= 11 is 0. The molecular weight excluding hydrogens is 341 g/mol. The highest BCUT2D eigenvalue weighted by molar-refractivity contribution is 6.00. The van der Waals surface area contributed by atoms with E-state index in [0.717, 1.165) is 13.1 Å². The Balaban J connectivity index is 1.85. The van der Waals surface area contributed by atoms with E-state index in [1.54, 1.807) is 12.1 Å². The van der Waals surface area contributed by atoms with Crippen LogP contribution in [0.3, 0.4) is 0 Å². The third-order valence-corrected chi connectivity index (χ3v) is 5.14. The molecule has 0 radical (unpaired) electrons. The van der Waals surface area contributed by atoms with Crippen LogP contribution >= 0.6 is 0 Å². The van der Waals surface area contributed by atoms with Crippen LogP contribution in [0, 0.1) is 5.82 Å². The second kappa shape index (κ2) is 6.24. The normalized spacial score (nSPS) is 21.3. The minimum Gasteiger partial charge on any atom is -0.367 e. The number of imide groups is 1. The topological polar surface area (TPSA) is 88.4 Å². The number of piperazine rings is 1. The second-order valence-electron chi connectivity index (χ2n) is 6.68. The Hall–Kier alpha value is -2.68. The van der Waals surface area contributed by atoms with Crippen LogP contribution in [-0.2, 0) is 16.6 Å². The zero-order valence-electron chi connectivity index (χ0n) is 14.4. The van der Waals surface area contributed by atoms with Gasteiger partial charge < -0.3 is 10.2 Å². The number of nitrogens with one attached hydrogen (secondary N) is 2. The third kappa shape index (κ3) is 2.50. The number of fused-ring (bicyclic) bond motifs is 1. The summed E-state index contributed by atoms with van der Waals surface area (Å²) in [6.45, 7) is 2.91. The van der Waals surface area contributed by atoms with E-state index in [2.05, 4.69) is 10.6 Å². The lowest BCUT2D eigenvalue weighted by Gasteiger charge is -2.30. The highest BCUT2D eigenvalue weighted by Gasteiger charge is 2.32. The van der Waals surface area contributed by atoms with Gasteiger partial charge in [-0.05, 0) is 18.6 Å². The number of anilines is 1. The summed E-state index contributed by atoms with van der Waals surface area (Å²) in [6.07, 6.45) is 0.380. The minimum atomic E-state index is -0.812. The van der Waals surface area contributed by atoms with Crippen LogP contribution in [-0.4, -0.2) is 47.1 Å². The summed E-state index contributed by atoms with van der Waals surface area (Å²) < 4.78 is 17.8. The smallest absolute Gasteiger partial charge is 0.329 e. The number of aryl methyl sites for hydroxylation is 1. The largest absolute Gasteiger partial charge is 0.367 e. The molecular formula is C17H20FN5O3. The molecule has 3 heterocycles. The molecule has 2 fully saturated rings. The summed E-state index contributed by atoms with van der Waals surface area (Å²) in [5.74, 6) is -1.34. The zero-order chi connectivity index (χ0) is 18.4. The van der Waals surface area contributed by atoms with Gasteiger partial charge in [-0.1, -0.05) is 0 Å². The first-order chi connectivity index (χ1) is 12.5. The number of rotatable bonds is 2. The van der Waals surface area contributed by atoms with Gasteiger partial charge in [-0.2, -0.15) is 0 Å². The molecule has 2 N–H and O–H groups in total. The van der Waals surface area contributed by atoms with Crippen molar-refractivity contribution < 1.29 is 14.0 Å². The van der Waals surface area contributed by atoms with Crippen molar-refractivity contribution >= 4 is 28.5 Å². The van der Waals surface area contributed by atoms with Crippen LogP contribution in [0.25, 0.3) is 11.0 Å². The van der Waals surface area contributed by atoms with Gasteiger partial charge in [-0.3, -0.25) is 24.0 Å². The van der Waals surface area contributed by atoms with Crippen LogP contribution in [0.4, 0.5) is 10.1 Å². The third-order valence-electron chi connectivity index (χ3n) is 5.14. The summed E-state index contributed by atoms with van der Waals surface area (Å²) in [4.78, 5) is 38.3. The molecule has 1 unspecified atom stereocenters. The summed E-state index contributed by atoms with van der Waals surface area (Å²) in [5, 5.41) is 5.47. The van der Waals surface area contributed by atoms with E-state index in [-0.39, 0.29) is 24.3 Å². The molecule has 2 saturated heterocycles. The maximum Gasteiger partial charge on any atom is 0.329 e. The molecule has 2 aliphatic rings. The lowest BCUT2D eigenvalue weighted by atomic mass is 10.1. The van der Waals surface area contributed by atoms with Gasteiger partial charge in [0.25, 0.3) is 0 Å². The van der Waals surface area contributed by atoms with Crippen LogP contribution in [0.1, 0.15) is 18.9 Å². The fourth-order valence-corrected chi connectivity index (χ4v) is 3.80. The van der Waals surface area contributed by atoms with Crippen molar-refractivity contribution in [1.29, 1.82) is 0 Å². The van der Waals surface area contributed by atoms with Crippen LogP contribution in [0.5, 0.6) is 0 Å². The average Bonchev–Trinajstić information content (AvgIpc) is 2.88. The molecule has 1 atom stereocenters. The average molecular weight is 361 g/mol. The van der Waals surface area contributed by atoms with Crippen molar-refractivity contribution in [2.45, 2.75) is 18.9 Å². The standard InChI is InChI=1S/C17H20FN5O3/c1-21-15-11(3-2-10(14(15)18)22-8-6-19-7-9-22)23(17(21)26)12-4-5-13(24)20-16(12)25/h2-3,12,19H,4-9H2,1H3,(H,20,24,25). The van der Waals surface area contributed by atoms with E-state index < -0.39 is 23.5 Å². The Bertz CT molecular complexity index is 957. The first-order valence-electron chi connectivity index (χ1n) is 8.68. The van der Waals surface area contributed by atoms with Gasteiger partial charge in [-0.25, -0.2) is 9.18 Å². The summed E-state index contributed by atoms with van der Waals surface area (Å²) in [7, 11) is 1.50. The number of carbonyl (C=O) groups excluding carboxylic acids is 2. The number of amides is 2. The number of imidazole rings is 1. The minimum absolute atomic E-state index is 0.153. The van der Waals surface area contributed by atoms with E-state index in [0.29, 0.717) is 24.3 Å². The van der Waals surface area contributed by atoms with Crippen LogP contribution < -0.4 is 21.2 Å². The number of aromatic nitrogens is 2. The molecule has 4 rings (SSSR count). The highest BCUT2D eigenvalue weighted by Crippen LogP contribution is 2.30. The van der Waals surface area contributed by atoms with E-state index in [1.165, 1.54) is 16.2 Å².